The normalized spacial score (nSPS) is 22.6. The van der Waals surface area contributed by atoms with E-state index in [1.807, 2.05) is 30.3 Å². The molecule has 0 spiro atoms. The predicted octanol–water partition coefficient (Wildman–Crippen LogP) is 2.78. The molecule has 0 heterocycles. The van der Waals surface area contributed by atoms with Crippen molar-refractivity contribution in [1.29, 1.82) is 0 Å². The zero-order valence-corrected chi connectivity index (χ0v) is 15.1. The van der Waals surface area contributed by atoms with Crippen molar-refractivity contribution >= 4 is 18.3 Å². The molecule has 0 aromatic heterocycles. The molecule has 5 heteroatoms. The topological polar surface area (TPSA) is 75.4 Å². The fourth-order valence-corrected chi connectivity index (χ4v) is 3.25. The summed E-state index contributed by atoms with van der Waals surface area (Å²) >= 11 is 0. The minimum atomic E-state index is -0.139. The second-order valence-corrected chi connectivity index (χ2v) is 6.92. The number of nitrogens with one attached hydrogen (secondary N) is 1. The number of benzene rings is 2. The van der Waals surface area contributed by atoms with E-state index in [1.165, 1.54) is 5.56 Å². The van der Waals surface area contributed by atoms with E-state index >= 15 is 0 Å². The van der Waals surface area contributed by atoms with Gasteiger partial charge in [-0.2, -0.15) is 0 Å². The van der Waals surface area contributed by atoms with Gasteiger partial charge in [0.2, 0.25) is 5.91 Å². The molecule has 25 heavy (non-hydrogen) atoms. The molecule has 4 nitrogen and oxygen atoms in total. The average molecular weight is 361 g/mol. The number of rotatable bonds is 6. The van der Waals surface area contributed by atoms with E-state index in [1.54, 1.807) is 12.1 Å². The summed E-state index contributed by atoms with van der Waals surface area (Å²) in [7, 11) is 0. The highest BCUT2D eigenvalue weighted by atomic mass is 35.5. The Balaban J connectivity index is 0.00000225. The molecule has 0 radical (unpaired) electrons. The summed E-state index contributed by atoms with van der Waals surface area (Å²) in [5, 5.41) is 12.3. The second kappa shape index (κ2) is 7.89. The number of carbonyl (C=O) groups excluding carboxylic acids is 1. The summed E-state index contributed by atoms with van der Waals surface area (Å²) < 4.78 is 0. The molecular weight excluding hydrogens is 336 g/mol. The number of aromatic hydroxyl groups is 1. The summed E-state index contributed by atoms with van der Waals surface area (Å²) in [4.78, 5) is 12.4. The Morgan fingerprint density at radius 2 is 1.88 bits per heavy atom. The quantitative estimate of drug-likeness (QED) is 0.741. The van der Waals surface area contributed by atoms with Gasteiger partial charge >= 0.3 is 0 Å². The van der Waals surface area contributed by atoms with Crippen LogP contribution in [0.3, 0.4) is 0 Å². The molecule has 2 aromatic carbocycles. The van der Waals surface area contributed by atoms with Gasteiger partial charge in [0.05, 0.1) is 0 Å². The minimum Gasteiger partial charge on any atom is -0.508 e. The maximum Gasteiger partial charge on any atom is 0.224 e. The van der Waals surface area contributed by atoms with Crippen LogP contribution in [0, 0.1) is 5.92 Å². The van der Waals surface area contributed by atoms with Gasteiger partial charge in [-0.1, -0.05) is 49.4 Å². The molecule has 1 aliphatic rings. The van der Waals surface area contributed by atoms with Crippen molar-refractivity contribution in [2.24, 2.45) is 11.7 Å². The third-order valence-electron chi connectivity index (χ3n) is 4.96. The van der Waals surface area contributed by atoms with Crippen LogP contribution in [0.1, 0.15) is 24.5 Å². The number of hydrogen-bond acceptors (Lipinski definition) is 3. The Kier molecular flexibility index (Phi) is 6.09. The lowest BCUT2D eigenvalue weighted by molar-refractivity contribution is -0.122. The summed E-state index contributed by atoms with van der Waals surface area (Å²) in [6.07, 6.45) is 1.55. The maximum absolute atomic E-state index is 12.4. The molecule has 3 atom stereocenters. The van der Waals surface area contributed by atoms with Gasteiger partial charge in [-0.15, -0.1) is 12.4 Å². The van der Waals surface area contributed by atoms with Gasteiger partial charge in [0.25, 0.3) is 0 Å². The van der Waals surface area contributed by atoms with Crippen molar-refractivity contribution in [2.45, 2.75) is 31.2 Å². The van der Waals surface area contributed by atoms with E-state index in [-0.39, 0.29) is 41.4 Å². The van der Waals surface area contributed by atoms with Crippen LogP contribution in [0.2, 0.25) is 0 Å². The van der Waals surface area contributed by atoms with Gasteiger partial charge in [-0.3, -0.25) is 4.79 Å². The van der Waals surface area contributed by atoms with Crippen LogP contribution in [-0.2, 0) is 16.6 Å². The van der Waals surface area contributed by atoms with Gasteiger partial charge in [0.15, 0.2) is 0 Å². The van der Waals surface area contributed by atoms with E-state index in [2.05, 4.69) is 24.4 Å². The van der Waals surface area contributed by atoms with Crippen LogP contribution >= 0.6 is 12.4 Å². The molecule has 1 amide bonds. The van der Waals surface area contributed by atoms with E-state index in [4.69, 9.17) is 5.73 Å². The smallest absolute Gasteiger partial charge is 0.224 e. The van der Waals surface area contributed by atoms with Gasteiger partial charge in [-0.25, -0.2) is 0 Å². The van der Waals surface area contributed by atoms with E-state index in [0.29, 0.717) is 13.0 Å². The average Bonchev–Trinajstić information content (AvgIpc) is 3.29. The summed E-state index contributed by atoms with van der Waals surface area (Å²) in [5.41, 5.74) is 8.34. The number of amides is 1. The Bertz CT molecular complexity index is 705. The number of halogens is 1. The standard InChI is InChI=1S/C20H24N2O2.ClH/c1-20(15-5-3-2-4-6-15)12-18(20)19(24)22-13-16(21)11-14-7-9-17(23)10-8-14;/h2-10,16,18,23H,11-13,21H2,1H3,(H,22,24);1H/t16?,18-,20-;/m0./s1. The van der Waals surface area contributed by atoms with Crippen molar-refractivity contribution in [2.75, 3.05) is 6.54 Å². The zero-order valence-electron chi connectivity index (χ0n) is 14.3. The maximum atomic E-state index is 12.4. The number of phenolic OH excluding ortho intramolecular Hbond substituents is 1. The molecular formula is C20H25ClN2O2. The Morgan fingerprint density at radius 3 is 2.52 bits per heavy atom. The molecule has 0 aliphatic heterocycles. The third kappa shape index (κ3) is 4.53. The van der Waals surface area contributed by atoms with Gasteiger partial charge in [0.1, 0.15) is 5.75 Å². The monoisotopic (exact) mass is 360 g/mol. The number of carbonyl (C=O) groups is 1. The number of phenols is 1. The lowest BCUT2D eigenvalue weighted by atomic mass is 9.95. The van der Waals surface area contributed by atoms with Gasteiger partial charge in [-0.05, 0) is 36.1 Å². The Labute approximate surface area is 154 Å². The molecule has 134 valence electrons. The van der Waals surface area contributed by atoms with Crippen LogP contribution in [0.25, 0.3) is 0 Å². The molecule has 0 bridgehead atoms. The van der Waals surface area contributed by atoms with E-state index < -0.39 is 0 Å². The molecule has 2 aromatic rings. The van der Waals surface area contributed by atoms with E-state index in [0.717, 1.165) is 12.0 Å². The number of hydrogen-bond donors (Lipinski definition) is 3. The highest BCUT2D eigenvalue weighted by Crippen LogP contribution is 2.53. The Hall–Kier alpha value is -2.04. The molecule has 1 fully saturated rings. The van der Waals surface area contributed by atoms with Gasteiger partial charge in [0, 0.05) is 23.9 Å². The van der Waals surface area contributed by atoms with Crippen molar-refractivity contribution < 1.29 is 9.90 Å². The van der Waals surface area contributed by atoms with E-state index in [9.17, 15) is 9.90 Å². The Morgan fingerprint density at radius 1 is 1.24 bits per heavy atom. The SMILES string of the molecule is C[C@@]1(c2ccccc2)C[C@H]1C(=O)NCC(N)Cc1ccc(O)cc1.Cl. The van der Waals surface area contributed by atoms with Gasteiger partial charge < -0.3 is 16.2 Å². The molecule has 0 saturated heterocycles. The molecule has 3 rings (SSSR count). The van der Waals surface area contributed by atoms with Crippen molar-refractivity contribution in [3.05, 3.63) is 65.7 Å². The van der Waals surface area contributed by atoms with Crippen LogP contribution in [0.4, 0.5) is 0 Å². The minimum absolute atomic E-state index is 0. The lowest BCUT2D eigenvalue weighted by Gasteiger charge is -2.15. The highest BCUT2D eigenvalue weighted by Gasteiger charge is 2.55. The first-order chi connectivity index (χ1) is 11.5. The molecule has 4 N–H and O–H groups in total. The van der Waals surface area contributed by atoms with Crippen molar-refractivity contribution in [3.63, 3.8) is 0 Å². The first-order valence-corrected chi connectivity index (χ1v) is 8.36. The van der Waals surface area contributed by atoms with Crippen molar-refractivity contribution in [3.8, 4) is 5.75 Å². The number of nitrogens with two attached hydrogens (primary N) is 1. The summed E-state index contributed by atoms with van der Waals surface area (Å²) in [6.45, 7) is 2.60. The van der Waals surface area contributed by atoms with Crippen LogP contribution < -0.4 is 11.1 Å². The van der Waals surface area contributed by atoms with Crippen molar-refractivity contribution in [1.82, 2.24) is 5.32 Å². The summed E-state index contributed by atoms with van der Waals surface area (Å²) in [5.74, 6) is 0.359. The molecule has 1 unspecified atom stereocenters. The predicted molar refractivity (Wildman–Crippen MR) is 102 cm³/mol. The molecule has 1 saturated carbocycles. The van der Waals surface area contributed by atoms with Crippen LogP contribution in [0.15, 0.2) is 54.6 Å². The second-order valence-electron chi connectivity index (χ2n) is 6.92. The summed E-state index contributed by atoms with van der Waals surface area (Å²) in [6, 6.07) is 17.1. The first-order valence-electron chi connectivity index (χ1n) is 8.36. The van der Waals surface area contributed by atoms with Crippen LogP contribution in [0.5, 0.6) is 5.75 Å². The fourth-order valence-electron chi connectivity index (χ4n) is 3.25. The lowest BCUT2D eigenvalue weighted by Crippen LogP contribution is -2.40. The fraction of sp³-hybridized carbons (Fsp3) is 0.350. The molecule has 1 aliphatic carbocycles. The first kappa shape index (κ1) is 19.3. The largest absolute Gasteiger partial charge is 0.508 e. The zero-order chi connectivity index (χ0) is 17.2. The van der Waals surface area contributed by atoms with Crippen LogP contribution in [-0.4, -0.2) is 23.6 Å². The third-order valence-corrected chi connectivity index (χ3v) is 4.96. The highest BCUT2D eigenvalue weighted by molar-refractivity contribution is 5.85.